The smallest absolute Gasteiger partial charge is 0.164 e. The van der Waals surface area contributed by atoms with Gasteiger partial charge in [-0.1, -0.05) is 103 Å². The van der Waals surface area contributed by atoms with Crippen LogP contribution in [-0.4, -0.2) is 15.0 Å². The number of furan rings is 2. The summed E-state index contributed by atoms with van der Waals surface area (Å²) in [6.07, 6.45) is 6.47. The molecular formula is C47H29N3O2. The topological polar surface area (TPSA) is 65.0 Å². The maximum atomic E-state index is 6.46. The number of aromatic nitrogens is 3. The van der Waals surface area contributed by atoms with Crippen molar-refractivity contribution < 1.29 is 8.83 Å². The maximum Gasteiger partial charge on any atom is 0.164 e. The van der Waals surface area contributed by atoms with E-state index in [0.29, 0.717) is 17.5 Å². The van der Waals surface area contributed by atoms with E-state index in [9.17, 15) is 0 Å². The number of para-hydroxylation sites is 1. The summed E-state index contributed by atoms with van der Waals surface area (Å²) in [5.41, 5.74) is 10.9. The second-order valence-corrected chi connectivity index (χ2v) is 13.5. The van der Waals surface area contributed by atoms with Gasteiger partial charge < -0.3 is 8.83 Å². The third-order valence-corrected chi connectivity index (χ3v) is 10.4. The Morgan fingerprint density at radius 2 is 1.13 bits per heavy atom. The summed E-state index contributed by atoms with van der Waals surface area (Å²) in [5.74, 6) is 1.89. The third kappa shape index (κ3) is 4.67. The largest absolute Gasteiger partial charge is 0.456 e. The highest BCUT2D eigenvalue weighted by Gasteiger charge is 2.19. The SMILES string of the molecule is C1=Cc2ccc(-c3nc(-c4ccc5ccccc5c4)nc(-c4cccc5oc6ccc(-c7ccc8c(c7)oc7ccccc78)cc6c45)n3)cc2CC1. The fourth-order valence-corrected chi connectivity index (χ4v) is 7.75. The number of hydrogen-bond donors (Lipinski definition) is 0. The maximum absolute atomic E-state index is 6.46. The van der Waals surface area contributed by atoms with E-state index in [1.54, 1.807) is 0 Å². The van der Waals surface area contributed by atoms with Gasteiger partial charge in [-0.3, -0.25) is 0 Å². The van der Waals surface area contributed by atoms with Crippen LogP contribution < -0.4 is 0 Å². The zero-order chi connectivity index (χ0) is 34.2. The Kier molecular flexibility index (Phi) is 6.31. The molecular weight excluding hydrogens is 639 g/mol. The molecule has 0 saturated carbocycles. The normalized spacial score (nSPS) is 12.8. The van der Waals surface area contributed by atoms with Crippen LogP contribution in [-0.2, 0) is 6.42 Å². The first-order chi connectivity index (χ1) is 25.7. The number of aryl methyl sites for hydroxylation is 1. The van der Waals surface area contributed by atoms with Crippen molar-refractivity contribution in [1.82, 2.24) is 15.0 Å². The van der Waals surface area contributed by atoms with E-state index in [1.165, 1.54) is 16.5 Å². The second-order valence-electron chi connectivity index (χ2n) is 13.5. The number of fused-ring (bicyclic) bond motifs is 8. The molecule has 0 bridgehead atoms. The van der Waals surface area contributed by atoms with Crippen molar-refractivity contribution in [3.05, 3.63) is 157 Å². The average molecular weight is 668 g/mol. The average Bonchev–Trinajstić information content (AvgIpc) is 3.78. The van der Waals surface area contributed by atoms with Crippen LogP contribution in [0.3, 0.4) is 0 Å². The lowest BCUT2D eigenvalue weighted by Crippen LogP contribution is -2.02. The molecule has 1 aliphatic carbocycles. The van der Waals surface area contributed by atoms with Gasteiger partial charge in [-0.05, 0) is 94.4 Å². The Morgan fingerprint density at radius 1 is 0.442 bits per heavy atom. The highest BCUT2D eigenvalue weighted by Crippen LogP contribution is 2.40. The molecule has 0 saturated heterocycles. The molecule has 11 rings (SSSR count). The zero-order valence-electron chi connectivity index (χ0n) is 28.0. The summed E-state index contributed by atoms with van der Waals surface area (Å²) >= 11 is 0. The van der Waals surface area contributed by atoms with E-state index in [-0.39, 0.29) is 0 Å². The van der Waals surface area contributed by atoms with Crippen LogP contribution in [0, 0.1) is 0 Å². The summed E-state index contributed by atoms with van der Waals surface area (Å²) in [4.78, 5) is 15.5. The van der Waals surface area contributed by atoms with Gasteiger partial charge in [0.2, 0.25) is 0 Å². The predicted octanol–water partition coefficient (Wildman–Crippen LogP) is 12.5. The van der Waals surface area contributed by atoms with E-state index < -0.39 is 0 Å². The molecule has 0 aliphatic heterocycles. The van der Waals surface area contributed by atoms with Crippen molar-refractivity contribution in [2.45, 2.75) is 12.8 Å². The molecule has 244 valence electrons. The molecule has 52 heavy (non-hydrogen) atoms. The van der Waals surface area contributed by atoms with E-state index in [1.807, 2.05) is 30.3 Å². The number of hydrogen-bond acceptors (Lipinski definition) is 5. The van der Waals surface area contributed by atoms with Gasteiger partial charge in [0.15, 0.2) is 17.5 Å². The van der Waals surface area contributed by atoms with E-state index in [4.69, 9.17) is 23.8 Å². The van der Waals surface area contributed by atoms with Gasteiger partial charge in [0.1, 0.15) is 22.3 Å². The summed E-state index contributed by atoms with van der Waals surface area (Å²) in [5, 5.41) is 6.52. The summed E-state index contributed by atoms with van der Waals surface area (Å²) < 4.78 is 12.7. The monoisotopic (exact) mass is 667 g/mol. The number of allylic oxidation sites excluding steroid dienone is 1. The second kappa shape index (κ2) is 11.3. The quantitative estimate of drug-likeness (QED) is 0.187. The van der Waals surface area contributed by atoms with Crippen molar-refractivity contribution in [3.8, 4) is 45.3 Å². The van der Waals surface area contributed by atoms with Gasteiger partial charge >= 0.3 is 0 Å². The molecule has 1 aliphatic rings. The van der Waals surface area contributed by atoms with E-state index in [2.05, 4.69) is 121 Å². The van der Waals surface area contributed by atoms with Gasteiger partial charge in [-0.25, -0.2) is 15.0 Å². The first kappa shape index (κ1) is 28.9. The molecule has 5 heteroatoms. The molecule has 0 radical (unpaired) electrons. The number of nitrogens with zero attached hydrogens (tertiary/aromatic N) is 3. The molecule has 0 atom stereocenters. The Hall–Kier alpha value is -6.85. The number of benzene rings is 7. The Balaban J connectivity index is 1.10. The van der Waals surface area contributed by atoms with E-state index in [0.717, 1.165) is 89.9 Å². The molecule has 3 aromatic heterocycles. The minimum absolute atomic E-state index is 0.605. The van der Waals surface area contributed by atoms with Crippen molar-refractivity contribution in [2.24, 2.45) is 0 Å². The molecule has 5 nitrogen and oxygen atoms in total. The molecule has 0 spiro atoms. The Labute approximate surface area is 298 Å². The van der Waals surface area contributed by atoms with Crippen LogP contribution >= 0.6 is 0 Å². The van der Waals surface area contributed by atoms with Gasteiger partial charge in [0, 0.05) is 38.2 Å². The van der Waals surface area contributed by atoms with Crippen molar-refractivity contribution in [3.63, 3.8) is 0 Å². The Morgan fingerprint density at radius 3 is 2.08 bits per heavy atom. The van der Waals surface area contributed by atoms with E-state index >= 15 is 0 Å². The highest BCUT2D eigenvalue weighted by atomic mass is 16.3. The molecule has 0 N–H and O–H groups in total. The first-order valence-corrected chi connectivity index (χ1v) is 17.6. The lowest BCUT2D eigenvalue weighted by atomic mass is 9.95. The lowest BCUT2D eigenvalue weighted by Gasteiger charge is -2.13. The third-order valence-electron chi connectivity index (χ3n) is 10.4. The van der Waals surface area contributed by atoms with Crippen LogP contribution in [0.2, 0.25) is 0 Å². The molecule has 7 aromatic carbocycles. The first-order valence-electron chi connectivity index (χ1n) is 17.6. The van der Waals surface area contributed by atoms with Crippen LogP contribution in [0.4, 0.5) is 0 Å². The fraction of sp³-hybridized carbons (Fsp3) is 0.0426. The van der Waals surface area contributed by atoms with Crippen molar-refractivity contribution in [1.29, 1.82) is 0 Å². The van der Waals surface area contributed by atoms with Gasteiger partial charge in [-0.15, -0.1) is 0 Å². The molecule has 10 aromatic rings. The molecule has 3 heterocycles. The minimum Gasteiger partial charge on any atom is -0.456 e. The van der Waals surface area contributed by atoms with Gasteiger partial charge in [0.25, 0.3) is 0 Å². The lowest BCUT2D eigenvalue weighted by molar-refractivity contribution is 0.669. The van der Waals surface area contributed by atoms with Crippen LogP contribution in [0.25, 0.3) is 106 Å². The predicted molar refractivity (Wildman–Crippen MR) is 211 cm³/mol. The molecule has 0 unspecified atom stereocenters. The highest BCUT2D eigenvalue weighted by molar-refractivity contribution is 6.13. The van der Waals surface area contributed by atoms with Gasteiger partial charge in [0.05, 0.1) is 0 Å². The standard InChI is InChI=1S/C47H29N3O2/c1-3-10-30-24-34(18-16-28(30)8-1)45-48-46(35-19-17-29-9-2-4-11-31(29)25-35)50-47(49-45)38-13-7-15-42-44(38)39-26-32(21-23-41(39)51-42)33-20-22-37-36-12-5-6-14-40(36)52-43(37)27-33/h1-3,5-10,12-27H,4,11H2. The summed E-state index contributed by atoms with van der Waals surface area (Å²) in [7, 11) is 0. The minimum atomic E-state index is 0.605. The molecule has 0 fully saturated rings. The number of rotatable bonds is 4. The van der Waals surface area contributed by atoms with Crippen molar-refractivity contribution in [2.75, 3.05) is 0 Å². The van der Waals surface area contributed by atoms with Crippen molar-refractivity contribution >= 4 is 60.7 Å². The van der Waals surface area contributed by atoms with Crippen LogP contribution in [0.15, 0.2) is 154 Å². The summed E-state index contributed by atoms with van der Waals surface area (Å²) in [6, 6.07) is 48.4. The fourth-order valence-electron chi connectivity index (χ4n) is 7.75. The zero-order valence-corrected chi connectivity index (χ0v) is 28.0. The van der Waals surface area contributed by atoms with Gasteiger partial charge in [-0.2, -0.15) is 0 Å². The van der Waals surface area contributed by atoms with Crippen LogP contribution in [0.1, 0.15) is 17.5 Å². The van der Waals surface area contributed by atoms with Crippen LogP contribution in [0.5, 0.6) is 0 Å². The summed E-state index contributed by atoms with van der Waals surface area (Å²) in [6.45, 7) is 0. The molecule has 0 amide bonds. The Bertz CT molecular complexity index is 3090.